The van der Waals surface area contributed by atoms with Crippen molar-refractivity contribution in [1.82, 2.24) is 4.72 Å². The maximum absolute atomic E-state index is 12.7. The summed E-state index contributed by atoms with van der Waals surface area (Å²) >= 11 is 0. The Morgan fingerprint density at radius 1 is 1.06 bits per heavy atom. The van der Waals surface area contributed by atoms with Gasteiger partial charge in [-0.15, -0.1) is 0 Å². The summed E-state index contributed by atoms with van der Waals surface area (Å²) in [4.78, 5) is 0.0888. The van der Waals surface area contributed by atoms with Crippen LogP contribution in [0.15, 0.2) is 29.2 Å². The second kappa shape index (κ2) is 7.45. The predicted octanol–water partition coefficient (Wildman–Crippen LogP) is 1.62. The zero-order chi connectivity index (χ0) is 13.4. The van der Waals surface area contributed by atoms with Crippen molar-refractivity contribution in [3.05, 3.63) is 30.1 Å². The third-order valence-electron chi connectivity index (χ3n) is 2.55. The van der Waals surface area contributed by atoms with E-state index in [1.807, 2.05) is 0 Å². The lowest BCUT2D eigenvalue weighted by molar-refractivity contribution is 0.571. The molecule has 0 spiro atoms. The summed E-state index contributed by atoms with van der Waals surface area (Å²) in [7, 11) is -3.51. The molecule has 0 aliphatic carbocycles. The summed E-state index contributed by atoms with van der Waals surface area (Å²) in [6.45, 7) is 1.06. The molecular weight excluding hydrogens is 255 g/mol. The van der Waals surface area contributed by atoms with Gasteiger partial charge in [-0.1, -0.05) is 12.8 Å². The molecule has 102 valence electrons. The van der Waals surface area contributed by atoms with Gasteiger partial charge in [-0.2, -0.15) is 0 Å². The molecule has 1 rings (SSSR count). The van der Waals surface area contributed by atoms with Gasteiger partial charge in [-0.05, 0) is 43.7 Å². The molecule has 18 heavy (non-hydrogen) atoms. The van der Waals surface area contributed by atoms with Crippen LogP contribution in [0, 0.1) is 5.82 Å². The minimum atomic E-state index is -3.51. The van der Waals surface area contributed by atoms with Gasteiger partial charge in [-0.25, -0.2) is 17.5 Å². The van der Waals surface area contributed by atoms with Crippen LogP contribution in [0.5, 0.6) is 0 Å². The number of hydrogen-bond acceptors (Lipinski definition) is 3. The number of sulfonamides is 1. The molecule has 1 aromatic rings. The van der Waals surface area contributed by atoms with Gasteiger partial charge in [0.2, 0.25) is 10.0 Å². The van der Waals surface area contributed by atoms with Crippen molar-refractivity contribution in [2.24, 2.45) is 5.73 Å². The summed E-state index contributed by atoms with van der Waals surface area (Å²) in [5.41, 5.74) is 5.36. The molecule has 3 N–H and O–H groups in total. The van der Waals surface area contributed by atoms with Crippen molar-refractivity contribution in [1.29, 1.82) is 0 Å². The van der Waals surface area contributed by atoms with Crippen LogP contribution in [0.4, 0.5) is 4.39 Å². The normalized spacial score (nSPS) is 11.7. The maximum atomic E-state index is 12.7. The molecule has 0 aromatic heterocycles. The van der Waals surface area contributed by atoms with Gasteiger partial charge >= 0.3 is 0 Å². The minimum absolute atomic E-state index is 0.0888. The van der Waals surface area contributed by atoms with E-state index in [2.05, 4.69) is 4.72 Å². The molecule has 0 aliphatic heterocycles. The SMILES string of the molecule is NCCCCCCNS(=O)(=O)c1ccc(F)cc1. The van der Waals surface area contributed by atoms with Gasteiger partial charge in [0.05, 0.1) is 4.90 Å². The van der Waals surface area contributed by atoms with Crippen molar-refractivity contribution in [2.75, 3.05) is 13.1 Å². The van der Waals surface area contributed by atoms with Crippen molar-refractivity contribution in [3.63, 3.8) is 0 Å². The Kier molecular flexibility index (Phi) is 6.24. The second-order valence-corrected chi connectivity index (χ2v) is 5.82. The van der Waals surface area contributed by atoms with Crippen molar-refractivity contribution >= 4 is 10.0 Å². The Morgan fingerprint density at radius 3 is 2.28 bits per heavy atom. The number of nitrogens with two attached hydrogens (primary N) is 1. The van der Waals surface area contributed by atoms with Gasteiger partial charge in [-0.3, -0.25) is 0 Å². The topological polar surface area (TPSA) is 72.2 Å². The van der Waals surface area contributed by atoms with Gasteiger partial charge < -0.3 is 5.73 Å². The highest BCUT2D eigenvalue weighted by atomic mass is 32.2. The van der Waals surface area contributed by atoms with E-state index in [1.54, 1.807) is 0 Å². The van der Waals surface area contributed by atoms with Crippen molar-refractivity contribution in [3.8, 4) is 0 Å². The van der Waals surface area contributed by atoms with Gasteiger partial charge in [0.25, 0.3) is 0 Å². The Labute approximate surface area is 107 Å². The van der Waals surface area contributed by atoms with Crippen LogP contribution in [0.1, 0.15) is 25.7 Å². The number of unbranched alkanes of at least 4 members (excludes halogenated alkanes) is 3. The van der Waals surface area contributed by atoms with E-state index in [4.69, 9.17) is 5.73 Å². The highest BCUT2D eigenvalue weighted by Gasteiger charge is 2.12. The summed E-state index contributed by atoms with van der Waals surface area (Å²) in [5, 5.41) is 0. The van der Waals surface area contributed by atoms with Crippen LogP contribution in [0.2, 0.25) is 0 Å². The van der Waals surface area contributed by atoms with Gasteiger partial charge in [0, 0.05) is 6.54 Å². The van der Waals surface area contributed by atoms with Gasteiger partial charge in [0.1, 0.15) is 5.82 Å². The lowest BCUT2D eigenvalue weighted by atomic mass is 10.2. The molecule has 0 atom stereocenters. The molecule has 0 amide bonds. The molecule has 0 saturated carbocycles. The van der Waals surface area contributed by atoms with E-state index in [0.717, 1.165) is 37.8 Å². The molecule has 0 heterocycles. The highest BCUT2D eigenvalue weighted by Crippen LogP contribution is 2.09. The van der Waals surface area contributed by atoms with E-state index >= 15 is 0 Å². The van der Waals surface area contributed by atoms with Crippen molar-refractivity contribution < 1.29 is 12.8 Å². The quantitative estimate of drug-likeness (QED) is 0.708. The first-order valence-corrected chi connectivity index (χ1v) is 7.50. The molecule has 0 saturated heterocycles. The molecule has 4 nitrogen and oxygen atoms in total. The van der Waals surface area contributed by atoms with Crippen LogP contribution in [-0.2, 0) is 10.0 Å². The van der Waals surface area contributed by atoms with Crippen LogP contribution in [0.25, 0.3) is 0 Å². The third-order valence-corrected chi connectivity index (χ3v) is 4.02. The Hall–Kier alpha value is -0.980. The molecule has 0 fully saturated rings. The zero-order valence-corrected chi connectivity index (χ0v) is 11.0. The Morgan fingerprint density at radius 2 is 1.67 bits per heavy atom. The fraction of sp³-hybridized carbons (Fsp3) is 0.500. The molecule has 0 bridgehead atoms. The van der Waals surface area contributed by atoms with Crippen LogP contribution < -0.4 is 10.5 Å². The average molecular weight is 274 g/mol. The van der Waals surface area contributed by atoms with E-state index in [-0.39, 0.29) is 4.90 Å². The van der Waals surface area contributed by atoms with E-state index in [1.165, 1.54) is 12.1 Å². The van der Waals surface area contributed by atoms with Crippen LogP contribution in [0.3, 0.4) is 0 Å². The number of benzene rings is 1. The lowest BCUT2D eigenvalue weighted by Gasteiger charge is -2.06. The number of nitrogens with one attached hydrogen (secondary N) is 1. The molecule has 0 aliphatic rings. The van der Waals surface area contributed by atoms with E-state index in [9.17, 15) is 12.8 Å². The summed E-state index contributed by atoms with van der Waals surface area (Å²) < 4.78 is 38.7. The molecule has 0 radical (unpaired) electrons. The highest BCUT2D eigenvalue weighted by molar-refractivity contribution is 7.89. The number of halogens is 1. The monoisotopic (exact) mass is 274 g/mol. The van der Waals surface area contributed by atoms with E-state index < -0.39 is 15.8 Å². The van der Waals surface area contributed by atoms with Crippen LogP contribution >= 0.6 is 0 Å². The first-order chi connectivity index (χ1) is 8.56. The Bertz CT molecular complexity index is 446. The molecule has 0 unspecified atom stereocenters. The largest absolute Gasteiger partial charge is 0.330 e. The Balaban J connectivity index is 2.38. The third kappa shape index (κ3) is 5.12. The van der Waals surface area contributed by atoms with Gasteiger partial charge in [0.15, 0.2) is 0 Å². The average Bonchev–Trinajstić information content (AvgIpc) is 2.34. The molecule has 1 aromatic carbocycles. The fourth-order valence-electron chi connectivity index (χ4n) is 1.53. The van der Waals surface area contributed by atoms with Crippen LogP contribution in [-0.4, -0.2) is 21.5 Å². The minimum Gasteiger partial charge on any atom is -0.330 e. The first-order valence-electron chi connectivity index (χ1n) is 6.01. The summed E-state index contributed by atoms with van der Waals surface area (Å²) in [6.07, 6.45) is 3.70. The van der Waals surface area contributed by atoms with Crippen molar-refractivity contribution in [2.45, 2.75) is 30.6 Å². The lowest BCUT2D eigenvalue weighted by Crippen LogP contribution is -2.24. The predicted molar refractivity (Wildman–Crippen MR) is 69.1 cm³/mol. The van der Waals surface area contributed by atoms with E-state index in [0.29, 0.717) is 13.1 Å². The zero-order valence-electron chi connectivity index (χ0n) is 10.2. The first kappa shape index (κ1) is 15.1. The molecule has 6 heteroatoms. The maximum Gasteiger partial charge on any atom is 0.240 e. The fourth-order valence-corrected chi connectivity index (χ4v) is 2.60. The smallest absolute Gasteiger partial charge is 0.240 e. The standard InChI is InChI=1S/C12H19FN2O2S/c13-11-5-7-12(8-6-11)18(16,17)15-10-4-2-1-3-9-14/h5-8,15H,1-4,9-10,14H2. The summed E-state index contributed by atoms with van der Waals surface area (Å²) in [5.74, 6) is -0.448. The number of hydrogen-bond donors (Lipinski definition) is 2. The second-order valence-electron chi connectivity index (χ2n) is 4.05. The number of rotatable bonds is 8. The molecular formula is C12H19FN2O2S. The summed E-state index contributed by atoms with van der Waals surface area (Å²) in [6, 6.07) is 4.78.